The number of hydrogen-bond donors (Lipinski definition) is 2. The maximum Gasteiger partial charge on any atom is 0.156 e. The van der Waals surface area contributed by atoms with Gasteiger partial charge < -0.3 is 15.8 Å². The van der Waals surface area contributed by atoms with Crippen molar-refractivity contribution in [3.05, 3.63) is 22.3 Å². The number of hydrogen-bond acceptors (Lipinski definition) is 5. The third-order valence-electron chi connectivity index (χ3n) is 3.93. The van der Waals surface area contributed by atoms with E-state index in [2.05, 4.69) is 42.8 Å². The molecule has 2 rings (SSSR count). The van der Waals surface area contributed by atoms with E-state index in [0.717, 1.165) is 48.6 Å². The summed E-state index contributed by atoms with van der Waals surface area (Å²) in [6.45, 7) is 7.59. The van der Waals surface area contributed by atoms with Gasteiger partial charge in [0.05, 0.1) is 11.7 Å². The number of pyridine rings is 1. The van der Waals surface area contributed by atoms with Gasteiger partial charge in [-0.25, -0.2) is 4.98 Å². The molecule has 0 aliphatic carbocycles. The fourth-order valence-corrected chi connectivity index (χ4v) is 2.91. The lowest BCUT2D eigenvalue weighted by molar-refractivity contribution is 0.215. The van der Waals surface area contributed by atoms with Gasteiger partial charge in [-0.15, -0.1) is 0 Å². The summed E-state index contributed by atoms with van der Waals surface area (Å²) in [4.78, 5) is 9.14. The number of halogens is 1. The first kappa shape index (κ1) is 16.0. The molecule has 0 radical (unpaired) electrons. The minimum absolute atomic E-state index is 0.0109. The number of nitrogens with two attached hydrogens (primary N) is 1. The highest BCUT2D eigenvalue weighted by atomic mass is 79.9. The summed E-state index contributed by atoms with van der Waals surface area (Å²) in [6, 6.07) is 4.08. The van der Waals surface area contributed by atoms with Crippen LogP contribution in [0.1, 0.15) is 19.0 Å². The van der Waals surface area contributed by atoms with Crippen LogP contribution in [0.5, 0.6) is 0 Å². The highest BCUT2D eigenvalue weighted by Gasteiger charge is 2.26. The van der Waals surface area contributed by atoms with E-state index in [1.807, 2.05) is 19.1 Å². The first-order chi connectivity index (χ1) is 10.1. The van der Waals surface area contributed by atoms with Gasteiger partial charge in [0.25, 0.3) is 0 Å². The van der Waals surface area contributed by atoms with Crippen LogP contribution >= 0.6 is 15.9 Å². The lowest BCUT2D eigenvalue weighted by Crippen LogP contribution is -2.54. The third kappa shape index (κ3) is 3.65. The van der Waals surface area contributed by atoms with E-state index in [-0.39, 0.29) is 6.04 Å². The van der Waals surface area contributed by atoms with Crippen LogP contribution in [0, 0.1) is 6.92 Å². The monoisotopic (exact) mass is 355 g/mol. The van der Waals surface area contributed by atoms with Gasteiger partial charge >= 0.3 is 0 Å². The molecular formula is C14H22BrN5O. The van der Waals surface area contributed by atoms with Crippen molar-refractivity contribution in [3.8, 4) is 0 Å². The number of rotatable bonds is 4. The van der Waals surface area contributed by atoms with Gasteiger partial charge in [0, 0.05) is 30.7 Å². The van der Waals surface area contributed by atoms with E-state index in [4.69, 9.17) is 10.9 Å². The Morgan fingerprint density at radius 2 is 2.10 bits per heavy atom. The maximum absolute atomic E-state index is 8.86. The molecule has 1 aromatic rings. The molecule has 0 amide bonds. The van der Waals surface area contributed by atoms with Crippen LogP contribution in [0.25, 0.3) is 0 Å². The van der Waals surface area contributed by atoms with Gasteiger partial charge in [0.1, 0.15) is 5.82 Å². The number of piperazine rings is 1. The standard InChI is InChI=1S/C14H22BrN5O/c1-3-12(14(16)18-21)19-6-8-20(9-7-19)13-5-4-11(15)10(2)17-13/h4-5,12,21H,3,6-9H2,1-2H3,(H2,16,18). The third-order valence-corrected chi connectivity index (χ3v) is 4.77. The average molecular weight is 356 g/mol. The van der Waals surface area contributed by atoms with E-state index < -0.39 is 0 Å². The minimum Gasteiger partial charge on any atom is -0.409 e. The molecule has 21 heavy (non-hydrogen) atoms. The molecule has 2 heterocycles. The maximum atomic E-state index is 8.86. The number of anilines is 1. The molecular weight excluding hydrogens is 334 g/mol. The fourth-order valence-electron chi connectivity index (χ4n) is 2.69. The van der Waals surface area contributed by atoms with Crippen LogP contribution < -0.4 is 10.6 Å². The van der Waals surface area contributed by atoms with E-state index >= 15 is 0 Å². The summed E-state index contributed by atoms with van der Waals surface area (Å²) in [5.41, 5.74) is 6.77. The van der Waals surface area contributed by atoms with E-state index in [9.17, 15) is 0 Å². The Kier molecular flexibility index (Phi) is 5.41. The van der Waals surface area contributed by atoms with Crippen molar-refractivity contribution in [1.82, 2.24) is 9.88 Å². The molecule has 1 aliphatic heterocycles. The van der Waals surface area contributed by atoms with Crippen molar-refractivity contribution in [2.24, 2.45) is 10.9 Å². The van der Waals surface area contributed by atoms with Crippen LogP contribution in [0.4, 0.5) is 5.82 Å². The first-order valence-electron chi connectivity index (χ1n) is 7.16. The molecule has 6 nitrogen and oxygen atoms in total. The molecule has 0 spiro atoms. The summed E-state index contributed by atoms with van der Waals surface area (Å²) in [5, 5.41) is 12.0. The van der Waals surface area contributed by atoms with Crippen LogP contribution in [0.2, 0.25) is 0 Å². The normalized spacial score (nSPS) is 18.8. The van der Waals surface area contributed by atoms with Gasteiger partial charge in [-0.1, -0.05) is 12.1 Å². The molecule has 1 aromatic heterocycles. The summed E-state index contributed by atoms with van der Waals surface area (Å²) in [5.74, 6) is 1.30. The highest BCUT2D eigenvalue weighted by Crippen LogP contribution is 2.21. The number of oxime groups is 1. The second-order valence-corrected chi connectivity index (χ2v) is 6.06. The molecule has 0 aromatic carbocycles. The zero-order valence-electron chi connectivity index (χ0n) is 12.5. The number of aromatic nitrogens is 1. The summed E-state index contributed by atoms with van der Waals surface area (Å²) < 4.78 is 1.03. The van der Waals surface area contributed by atoms with Gasteiger partial charge in [0.2, 0.25) is 0 Å². The molecule has 0 bridgehead atoms. The van der Waals surface area contributed by atoms with Gasteiger partial charge in [-0.2, -0.15) is 0 Å². The SMILES string of the molecule is CCC(/C(N)=N/O)N1CCN(c2ccc(Br)c(C)n2)CC1. The van der Waals surface area contributed by atoms with Crippen molar-refractivity contribution in [1.29, 1.82) is 0 Å². The molecule has 7 heteroatoms. The Balaban J connectivity index is 2.01. The minimum atomic E-state index is 0.0109. The molecule has 1 aliphatic rings. The van der Waals surface area contributed by atoms with Crippen LogP contribution in [0.3, 0.4) is 0 Å². The molecule has 1 fully saturated rings. The first-order valence-corrected chi connectivity index (χ1v) is 7.95. The highest BCUT2D eigenvalue weighted by molar-refractivity contribution is 9.10. The molecule has 0 saturated carbocycles. The van der Waals surface area contributed by atoms with Crippen LogP contribution in [-0.2, 0) is 0 Å². The van der Waals surface area contributed by atoms with E-state index in [0.29, 0.717) is 5.84 Å². The van der Waals surface area contributed by atoms with Crippen molar-refractivity contribution >= 4 is 27.6 Å². The van der Waals surface area contributed by atoms with Gasteiger partial charge in [-0.05, 0) is 41.4 Å². The van der Waals surface area contributed by atoms with Gasteiger partial charge in [0.15, 0.2) is 5.84 Å². The van der Waals surface area contributed by atoms with Gasteiger partial charge in [-0.3, -0.25) is 4.90 Å². The topological polar surface area (TPSA) is 78.0 Å². The lowest BCUT2D eigenvalue weighted by atomic mass is 10.1. The number of amidine groups is 1. The Labute approximate surface area is 133 Å². The zero-order valence-corrected chi connectivity index (χ0v) is 14.0. The summed E-state index contributed by atoms with van der Waals surface area (Å²) >= 11 is 3.48. The summed E-state index contributed by atoms with van der Waals surface area (Å²) in [6.07, 6.45) is 0.839. The predicted octanol–water partition coefficient (Wildman–Crippen LogP) is 1.80. The van der Waals surface area contributed by atoms with Crippen LogP contribution in [-0.4, -0.2) is 53.1 Å². The van der Waals surface area contributed by atoms with E-state index in [1.165, 1.54) is 0 Å². The Hall–Kier alpha value is -1.34. The largest absolute Gasteiger partial charge is 0.409 e. The smallest absolute Gasteiger partial charge is 0.156 e. The molecule has 3 N–H and O–H groups in total. The molecule has 1 saturated heterocycles. The van der Waals surface area contributed by atoms with Crippen molar-refractivity contribution in [2.75, 3.05) is 31.1 Å². The van der Waals surface area contributed by atoms with E-state index in [1.54, 1.807) is 0 Å². The van der Waals surface area contributed by atoms with Crippen molar-refractivity contribution in [2.45, 2.75) is 26.3 Å². The van der Waals surface area contributed by atoms with Crippen molar-refractivity contribution < 1.29 is 5.21 Å². The quantitative estimate of drug-likeness (QED) is 0.372. The zero-order chi connectivity index (χ0) is 15.4. The molecule has 1 unspecified atom stereocenters. The average Bonchev–Trinajstić information content (AvgIpc) is 2.51. The second kappa shape index (κ2) is 7.09. The predicted molar refractivity (Wildman–Crippen MR) is 87.9 cm³/mol. The van der Waals surface area contributed by atoms with Crippen molar-refractivity contribution in [3.63, 3.8) is 0 Å². The lowest BCUT2D eigenvalue weighted by Gasteiger charge is -2.39. The number of nitrogens with zero attached hydrogens (tertiary/aromatic N) is 4. The Bertz CT molecular complexity index is 514. The van der Waals surface area contributed by atoms with Crippen LogP contribution in [0.15, 0.2) is 21.8 Å². The molecule has 116 valence electrons. The second-order valence-electron chi connectivity index (χ2n) is 5.21. The Morgan fingerprint density at radius 3 is 2.62 bits per heavy atom. The molecule has 1 atom stereocenters. The summed E-state index contributed by atoms with van der Waals surface area (Å²) in [7, 11) is 0. The fraction of sp³-hybridized carbons (Fsp3) is 0.571. The number of aryl methyl sites for hydroxylation is 1. The Morgan fingerprint density at radius 1 is 1.43 bits per heavy atom.